The van der Waals surface area contributed by atoms with Gasteiger partial charge in [0.15, 0.2) is 5.58 Å². The van der Waals surface area contributed by atoms with Gasteiger partial charge in [-0.2, -0.15) is 0 Å². The highest BCUT2D eigenvalue weighted by molar-refractivity contribution is 5.94. The molecule has 1 aliphatic heterocycles. The lowest BCUT2D eigenvalue weighted by Crippen LogP contribution is -2.50. The molecule has 3 heterocycles. The van der Waals surface area contributed by atoms with Crippen LogP contribution >= 0.6 is 0 Å². The minimum absolute atomic E-state index is 0.0443. The van der Waals surface area contributed by atoms with Gasteiger partial charge in [-0.05, 0) is 42.5 Å². The average Bonchev–Trinajstić information content (AvgIpc) is 3.41. The van der Waals surface area contributed by atoms with Crippen LogP contribution in [0.4, 0.5) is 5.69 Å². The molecule has 2 aromatic heterocycles. The van der Waals surface area contributed by atoms with Crippen molar-refractivity contribution in [2.24, 2.45) is 0 Å². The summed E-state index contributed by atoms with van der Waals surface area (Å²) in [4.78, 5) is 25.8. The number of benzene rings is 3. The van der Waals surface area contributed by atoms with Gasteiger partial charge in [0.1, 0.15) is 24.0 Å². The average molecular weight is 538 g/mol. The standard InChI is InChI=1S/C31H31N5O4/c37-25(21-39-26-10-11-29-28(18-26)34-31(40-29)23-5-2-1-3-6-23)19-35-13-15-36(16-14-35)20-30(38)33-24-9-8-22-7-4-12-32-27(22)17-24/h1-12,17-18,25,37H,13-16,19-21H2,(H,33,38)/t25-/m1/s1. The Labute approximate surface area is 232 Å². The highest BCUT2D eigenvalue weighted by Crippen LogP contribution is 2.27. The van der Waals surface area contributed by atoms with Gasteiger partial charge in [-0.25, -0.2) is 4.98 Å². The number of oxazole rings is 1. The predicted molar refractivity (Wildman–Crippen MR) is 154 cm³/mol. The van der Waals surface area contributed by atoms with Gasteiger partial charge in [0.25, 0.3) is 0 Å². The van der Waals surface area contributed by atoms with E-state index in [0.717, 1.165) is 48.3 Å². The third-order valence-corrected chi connectivity index (χ3v) is 7.01. The lowest BCUT2D eigenvalue weighted by Gasteiger charge is -2.35. The smallest absolute Gasteiger partial charge is 0.238 e. The number of amides is 1. The van der Waals surface area contributed by atoms with Gasteiger partial charge in [-0.15, -0.1) is 0 Å². The predicted octanol–water partition coefficient (Wildman–Crippen LogP) is 4.04. The summed E-state index contributed by atoms with van der Waals surface area (Å²) in [5, 5.41) is 14.6. The molecule has 0 aliphatic carbocycles. The molecule has 0 radical (unpaired) electrons. The Hall–Kier alpha value is -4.31. The third-order valence-electron chi connectivity index (χ3n) is 7.01. The van der Waals surface area contributed by atoms with Gasteiger partial charge < -0.3 is 19.6 Å². The fraction of sp³-hybridized carbons (Fsp3) is 0.258. The monoisotopic (exact) mass is 537 g/mol. The number of fused-ring (bicyclic) bond motifs is 2. The summed E-state index contributed by atoms with van der Waals surface area (Å²) in [6.07, 6.45) is 1.11. The number of hydrogen-bond donors (Lipinski definition) is 2. The first kappa shape index (κ1) is 25.9. The molecule has 1 atom stereocenters. The molecule has 9 heteroatoms. The van der Waals surface area contributed by atoms with Crippen molar-refractivity contribution >= 4 is 33.6 Å². The number of aliphatic hydroxyl groups excluding tert-OH is 1. The fourth-order valence-electron chi connectivity index (χ4n) is 4.92. The van der Waals surface area contributed by atoms with Crippen molar-refractivity contribution in [3.63, 3.8) is 0 Å². The summed E-state index contributed by atoms with van der Waals surface area (Å²) in [6, 6.07) is 24.9. The molecule has 1 aliphatic rings. The maximum absolute atomic E-state index is 12.6. The number of aliphatic hydroxyl groups is 1. The lowest BCUT2D eigenvalue weighted by atomic mass is 10.2. The van der Waals surface area contributed by atoms with Gasteiger partial charge in [0.05, 0.1) is 12.1 Å². The van der Waals surface area contributed by atoms with Crippen LogP contribution in [-0.4, -0.2) is 82.8 Å². The molecular weight excluding hydrogens is 506 g/mol. The second-order valence-electron chi connectivity index (χ2n) is 10.0. The van der Waals surface area contributed by atoms with E-state index in [2.05, 4.69) is 25.1 Å². The summed E-state index contributed by atoms with van der Waals surface area (Å²) in [6.45, 7) is 4.08. The van der Waals surface area contributed by atoms with Crippen LogP contribution in [0.3, 0.4) is 0 Å². The first-order valence-corrected chi connectivity index (χ1v) is 13.5. The molecule has 6 rings (SSSR count). The van der Waals surface area contributed by atoms with Crippen LogP contribution in [0.1, 0.15) is 0 Å². The van der Waals surface area contributed by atoms with Gasteiger partial charge in [-0.3, -0.25) is 19.6 Å². The number of carbonyl (C=O) groups excluding carboxylic acids is 1. The molecule has 204 valence electrons. The van der Waals surface area contributed by atoms with Crippen molar-refractivity contribution in [3.8, 4) is 17.2 Å². The van der Waals surface area contributed by atoms with E-state index in [0.29, 0.717) is 35.8 Å². The van der Waals surface area contributed by atoms with Crippen LogP contribution in [0, 0.1) is 0 Å². The SMILES string of the molecule is O=C(CN1CCN(C[C@@H](O)COc2ccc3oc(-c4ccccc4)nc3c2)CC1)Nc1ccc2cccnc2c1. The van der Waals surface area contributed by atoms with Crippen molar-refractivity contribution in [2.45, 2.75) is 6.10 Å². The highest BCUT2D eigenvalue weighted by Gasteiger charge is 2.21. The molecule has 9 nitrogen and oxygen atoms in total. The fourth-order valence-corrected chi connectivity index (χ4v) is 4.92. The van der Waals surface area contributed by atoms with Crippen molar-refractivity contribution in [3.05, 3.63) is 85.1 Å². The second kappa shape index (κ2) is 11.8. The maximum atomic E-state index is 12.6. The number of piperazine rings is 1. The molecule has 0 spiro atoms. The first-order valence-electron chi connectivity index (χ1n) is 13.5. The number of rotatable bonds is 9. The molecule has 1 fully saturated rings. The molecule has 40 heavy (non-hydrogen) atoms. The Morgan fingerprint density at radius 2 is 1.77 bits per heavy atom. The second-order valence-corrected chi connectivity index (χ2v) is 10.0. The molecule has 5 aromatic rings. The summed E-state index contributed by atoms with van der Waals surface area (Å²) < 4.78 is 11.7. The third kappa shape index (κ3) is 6.28. The quantitative estimate of drug-likeness (QED) is 0.290. The van der Waals surface area contributed by atoms with E-state index in [-0.39, 0.29) is 12.5 Å². The van der Waals surface area contributed by atoms with Crippen LogP contribution in [0.25, 0.3) is 33.5 Å². The number of pyridine rings is 1. The lowest BCUT2D eigenvalue weighted by molar-refractivity contribution is -0.117. The van der Waals surface area contributed by atoms with Crippen molar-refractivity contribution in [1.82, 2.24) is 19.8 Å². The van der Waals surface area contributed by atoms with Gasteiger partial charge in [0.2, 0.25) is 11.8 Å². The van der Waals surface area contributed by atoms with E-state index in [9.17, 15) is 9.90 Å². The number of nitrogens with one attached hydrogen (secondary N) is 1. The van der Waals surface area contributed by atoms with Crippen LogP contribution in [0.15, 0.2) is 89.5 Å². The van der Waals surface area contributed by atoms with Crippen LogP contribution < -0.4 is 10.1 Å². The summed E-state index contributed by atoms with van der Waals surface area (Å²) in [5.74, 6) is 1.16. The van der Waals surface area contributed by atoms with Crippen LogP contribution in [-0.2, 0) is 4.79 Å². The van der Waals surface area contributed by atoms with E-state index in [1.165, 1.54) is 0 Å². The first-order chi connectivity index (χ1) is 19.6. The summed E-state index contributed by atoms with van der Waals surface area (Å²) in [5.41, 5.74) is 3.92. The van der Waals surface area contributed by atoms with E-state index >= 15 is 0 Å². The maximum Gasteiger partial charge on any atom is 0.238 e. The number of aromatic nitrogens is 2. The Bertz CT molecular complexity index is 1600. The topological polar surface area (TPSA) is 104 Å². The molecule has 1 saturated heterocycles. The number of β-amino-alcohol motifs (C(OH)–C–C–N with tert-alkyl or cyclic N) is 1. The van der Waals surface area contributed by atoms with Crippen molar-refractivity contribution < 1.29 is 19.1 Å². The Kier molecular flexibility index (Phi) is 7.67. The normalized spacial score (nSPS) is 15.3. The molecule has 1 amide bonds. The van der Waals surface area contributed by atoms with Gasteiger partial charge in [-0.1, -0.05) is 30.3 Å². The van der Waals surface area contributed by atoms with E-state index in [1.807, 2.05) is 78.9 Å². The summed E-state index contributed by atoms with van der Waals surface area (Å²) in [7, 11) is 0. The van der Waals surface area contributed by atoms with E-state index in [4.69, 9.17) is 9.15 Å². The van der Waals surface area contributed by atoms with Crippen LogP contribution in [0.2, 0.25) is 0 Å². The zero-order valence-corrected chi connectivity index (χ0v) is 22.1. The zero-order chi connectivity index (χ0) is 27.3. The Morgan fingerprint density at radius 1 is 0.950 bits per heavy atom. The largest absolute Gasteiger partial charge is 0.491 e. The number of ether oxygens (including phenoxy) is 1. The van der Waals surface area contributed by atoms with Gasteiger partial charge >= 0.3 is 0 Å². The van der Waals surface area contributed by atoms with E-state index < -0.39 is 6.10 Å². The molecule has 0 saturated carbocycles. The molecule has 0 unspecified atom stereocenters. The minimum Gasteiger partial charge on any atom is -0.491 e. The van der Waals surface area contributed by atoms with Crippen LogP contribution in [0.5, 0.6) is 5.75 Å². The Balaban J connectivity index is 0.937. The molecule has 3 aromatic carbocycles. The van der Waals surface area contributed by atoms with Crippen molar-refractivity contribution in [1.29, 1.82) is 0 Å². The minimum atomic E-state index is -0.635. The number of carbonyl (C=O) groups is 1. The number of nitrogens with zero attached hydrogens (tertiary/aromatic N) is 4. The zero-order valence-electron chi connectivity index (χ0n) is 22.1. The number of anilines is 1. The van der Waals surface area contributed by atoms with Crippen molar-refractivity contribution in [2.75, 3.05) is 51.2 Å². The molecule has 0 bridgehead atoms. The Morgan fingerprint density at radius 3 is 2.62 bits per heavy atom. The highest BCUT2D eigenvalue weighted by atomic mass is 16.5. The summed E-state index contributed by atoms with van der Waals surface area (Å²) >= 11 is 0. The van der Waals surface area contributed by atoms with E-state index in [1.54, 1.807) is 6.20 Å². The molecule has 2 N–H and O–H groups in total. The number of hydrogen-bond acceptors (Lipinski definition) is 8. The van der Waals surface area contributed by atoms with Gasteiger partial charge in [0, 0.05) is 61.6 Å². The molecular formula is C31H31N5O4.